The van der Waals surface area contributed by atoms with E-state index in [1.807, 2.05) is 6.07 Å². The maximum Gasteiger partial charge on any atom is 0.220 e. The van der Waals surface area contributed by atoms with Gasteiger partial charge < -0.3 is 14.8 Å². The Balaban J connectivity index is 1.44. The van der Waals surface area contributed by atoms with Crippen LogP contribution in [-0.2, 0) is 11.2 Å². The molecule has 0 aliphatic heterocycles. The first-order valence-corrected chi connectivity index (χ1v) is 12.8. The molecule has 31 heavy (non-hydrogen) atoms. The van der Waals surface area contributed by atoms with E-state index in [4.69, 9.17) is 9.47 Å². The summed E-state index contributed by atoms with van der Waals surface area (Å²) in [5.74, 6) is 2.85. The second-order valence-electron chi connectivity index (χ2n) is 9.15. The molecule has 0 bridgehead atoms. The molecule has 1 fully saturated rings. The van der Waals surface area contributed by atoms with E-state index in [0.717, 1.165) is 49.8 Å². The fourth-order valence-electron chi connectivity index (χ4n) is 3.86. The van der Waals surface area contributed by atoms with Crippen molar-refractivity contribution in [1.29, 1.82) is 0 Å². The molecule has 0 radical (unpaired) electrons. The molecule has 1 saturated carbocycles. The van der Waals surface area contributed by atoms with Crippen molar-refractivity contribution in [2.75, 3.05) is 20.3 Å². The Morgan fingerprint density at radius 3 is 2.26 bits per heavy atom. The highest BCUT2D eigenvalue weighted by atomic mass is 16.5. The number of nitrogens with one attached hydrogen (secondary N) is 1. The zero-order valence-electron chi connectivity index (χ0n) is 20.1. The Morgan fingerprint density at radius 2 is 1.58 bits per heavy atom. The third-order valence-corrected chi connectivity index (χ3v) is 6.10. The molecule has 1 aliphatic rings. The maximum absolute atomic E-state index is 11.7. The number of hydrogen-bond acceptors (Lipinski definition) is 3. The van der Waals surface area contributed by atoms with Crippen LogP contribution in [0, 0.1) is 5.92 Å². The van der Waals surface area contributed by atoms with Gasteiger partial charge in [0, 0.05) is 19.0 Å². The number of rotatable bonds is 19. The lowest BCUT2D eigenvalue weighted by atomic mass is 10.1. The van der Waals surface area contributed by atoms with E-state index in [1.165, 1.54) is 76.2 Å². The minimum atomic E-state index is 0.246. The van der Waals surface area contributed by atoms with Crippen molar-refractivity contribution in [2.45, 2.75) is 103 Å². The highest BCUT2D eigenvalue weighted by Crippen LogP contribution is 2.27. The Morgan fingerprint density at radius 1 is 0.903 bits per heavy atom. The van der Waals surface area contributed by atoms with Crippen molar-refractivity contribution in [2.24, 2.45) is 5.92 Å². The summed E-state index contributed by atoms with van der Waals surface area (Å²) in [6.45, 7) is 3.91. The number of carbonyl (C=O) groups is 1. The van der Waals surface area contributed by atoms with E-state index in [1.54, 1.807) is 7.11 Å². The van der Waals surface area contributed by atoms with E-state index in [2.05, 4.69) is 24.4 Å². The number of ether oxygens (including phenoxy) is 2. The first-order chi connectivity index (χ1) is 15.2. The van der Waals surface area contributed by atoms with Gasteiger partial charge in [-0.05, 0) is 62.1 Å². The van der Waals surface area contributed by atoms with Crippen molar-refractivity contribution >= 4 is 5.91 Å². The fourth-order valence-corrected chi connectivity index (χ4v) is 3.86. The van der Waals surface area contributed by atoms with Crippen LogP contribution in [0.15, 0.2) is 18.2 Å². The van der Waals surface area contributed by atoms with Gasteiger partial charge >= 0.3 is 0 Å². The van der Waals surface area contributed by atoms with Gasteiger partial charge in [0.2, 0.25) is 5.91 Å². The molecule has 0 aromatic heterocycles. The minimum Gasteiger partial charge on any atom is -0.497 e. The summed E-state index contributed by atoms with van der Waals surface area (Å²) in [5.41, 5.74) is 1.31. The third-order valence-electron chi connectivity index (χ3n) is 6.10. The van der Waals surface area contributed by atoms with Crippen molar-refractivity contribution in [3.05, 3.63) is 23.8 Å². The van der Waals surface area contributed by atoms with E-state index in [0.29, 0.717) is 6.42 Å². The molecule has 176 valence electrons. The van der Waals surface area contributed by atoms with Gasteiger partial charge in [-0.1, -0.05) is 58.3 Å². The second kappa shape index (κ2) is 16.0. The molecule has 1 aromatic carbocycles. The topological polar surface area (TPSA) is 47.6 Å². The standard InChI is InChI=1S/C27H45NO3/c1-3-4-11-14-24-19-25(30-2)21-26(20-24)31-18-13-10-8-6-5-7-9-12-15-27(29)28-22-23-16-17-23/h19-21,23H,3-18,22H2,1-2H3,(H,28,29). The van der Waals surface area contributed by atoms with Crippen molar-refractivity contribution < 1.29 is 14.3 Å². The Labute approximate surface area is 190 Å². The molecule has 0 spiro atoms. The molecule has 4 heteroatoms. The molecule has 0 heterocycles. The molecular weight excluding hydrogens is 386 g/mol. The lowest BCUT2D eigenvalue weighted by Gasteiger charge is -2.11. The van der Waals surface area contributed by atoms with E-state index in [9.17, 15) is 4.79 Å². The lowest BCUT2D eigenvalue weighted by Crippen LogP contribution is -2.25. The molecule has 0 atom stereocenters. The number of amides is 1. The van der Waals surface area contributed by atoms with Gasteiger partial charge in [-0.3, -0.25) is 4.79 Å². The van der Waals surface area contributed by atoms with Crippen LogP contribution < -0.4 is 14.8 Å². The van der Waals surface area contributed by atoms with Crippen LogP contribution in [0.5, 0.6) is 11.5 Å². The SMILES string of the molecule is CCCCCc1cc(OC)cc(OCCCCCCCCCCC(=O)NCC2CC2)c1. The summed E-state index contributed by atoms with van der Waals surface area (Å²) in [6.07, 6.45) is 17.7. The summed E-state index contributed by atoms with van der Waals surface area (Å²) in [4.78, 5) is 11.7. The van der Waals surface area contributed by atoms with Gasteiger partial charge in [0.25, 0.3) is 0 Å². The van der Waals surface area contributed by atoms with Crippen LogP contribution >= 0.6 is 0 Å². The summed E-state index contributed by atoms with van der Waals surface area (Å²) in [6, 6.07) is 6.29. The second-order valence-corrected chi connectivity index (χ2v) is 9.15. The quantitative estimate of drug-likeness (QED) is 0.244. The number of unbranched alkanes of at least 4 members (excludes halogenated alkanes) is 9. The Hall–Kier alpha value is -1.71. The minimum absolute atomic E-state index is 0.246. The first kappa shape index (κ1) is 25.5. The van der Waals surface area contributed by atoms with Crippen LogP contribution in [-0.4, -0.2) is 26.2 Å². The van der Waals surface area contributed by atoms with E-state index in [-0.39, 0.29) is 5.91 Å². The summed E-state index contributed by atoms with van der Waals surface area (Å²) >= 11 is 0. The average molecular weight is 432 g/mol. The molecule has 1 aliphatic carbocycles. The molecule has 0 saturated heterocycles. The Kier molecular flexibility index (Phi) is 13.2. The Bertz CT molecular complexity index is 612. The molecule has 1 N–H and O–H groups in total. The number of carbonyl (C=O) groups excluding carboxylic acids is 1. The monoisotopic (exact) mass is 431 g/mol. The first-order valence-electron chi connectivity index (χ1n) is 12.8. The van der Waals surface area contributed by atoms with Gasteiger partial charge in [0.05, 0.1) is 13.7 Å². The predicted molar refractivity (Wildman–Crippen MR) is 129 cm³/mol. The highest BCUT2D eigenvalue weighted by Gasteiger charge is 2.21. The van der Waals surface area contributed by atoms with Crippen LogP contribution in [0.2, 0.25) is 0 Å². The van der Waals surface area contributed by atoms with Crippen LogP contribution in [0.1, 0.15) is 102 Å². The third kappa shape index (κ3) is 12.7. The van der Waals surface area contributed by atoms with Gasteiger partial charge in [-0.2, -0.15) is 0 Å². The van der Waals surface area contributed by atoms with Crippen molar-refractivity contribution in [1.82, 2.24) is 5.32 Å². The van der Waals surface area contributed by atoms with Crippen molar-refractivity contribution in [3.63, 3.8) is 0 Å². The highest BCUT2D eigenvalue weighted by molar-refractivity contribution is 5.75. The molecular formula is C27H45NO3. The van der Waals surface area contributed by atoms with E-state index < -0.39 is 0 Å². The summed E-state index contributed by atoms with van der Waals surface area (Å²) in [5, 5.41) is 3.05. The van der Waals surface area contributed by atoms with Crippen LogP contribution in [0.3, 0.4) is 0 Å². The van der Waals surface area contributed by atoms with Gasteiger partial charge in [0.1, 0.15) is 11.5 Å². The van der Waals surface area contributed by atoms with Gasteiger partial charge in [-0.15, -0.1) is 0 Å². The fraction of sp³-hybridized carbons (Fsp3) is 0.741. The van der Waals surface area contributed by atoms with E-state index >= 15 is 0 Å². The number of benzene rings is 1. The molecule has 0 unspecified atom stereocenters. The molecule has 2 rings (SSSR count). The van der Waals surface area contributed by atoms with Gasteiger partial charge in [0.15, 0.2) is 0 Å². The summed E-state index contributed by atoms with van der Waals surface area (Å²) < 4.78 is 11.4. The average Bonchev–Trinajstić information content (AvgIpc) is 3.60. The number of methoxy groups -OCH3 is 1. The molecule has 1 aromatic rings. The largest absolute Gasteiger partial charge is 0.497 e. The number of hydrogen-bond donors (Lipinski definition) is 1. The molecule has 4 nitrogen and oxygen atoms in total. The van der Waals surface area contributed by atoms with Gasteiger partial charge in [-0.25, -0.2) is 0 Å². The smallest absolute Gasteiger partial charge is 0.220 e. The maximum atomic E-state index is 11.7. The van der Waals surface area contributed by atoms with Crippen LogP contribution in [0.4, 0.5) is 0 Å². The molecule has 1 amide bonds. The number of aryl methyl sites for hydroxylation is 1. The summed E-state index contributed by atoms with van der Waals surface area (Å²) in [7, 11) is 1.72. The van der Waals surface area contributed by atoms with Crippen LogP contribution in [0.25, 0.3) is 0 Å². The van der Waals surface area contributed by atoms with Crippen molar-refractivity contribution in [3.8, 4) is 11.5 Å². The normalized spacial score (nSPS) is 13.2. The lowest BCUT2D eigenvalue weighted by molar-refractivity contribution is -0.121. The zero-order chi connectivity index (χ0) is 22.2. The zero-order valence-corrected chi connectivity index (χ0v) is 20.1. The predicted octanol–water partition coefficient (Wildman–Crippen LogP) is 6.84.